The van der Waals surface area contributed by atoms with Crippen molar-refractivity contribution in [1.82, 2.24) is 14.8 Å². The molecule has 0 saturated carbocycles. The van der Waals surface area contributed by atoms with E-state index >= 15 is 0 Å². The van der Waals surface area contributed by atoms with Crippen molar-refractivity contribution in [3.8, 4) is 5.75 Å². The highest BCUT2D eigenvalue weighted by molar-refractivity contribution is 8.00. The van der Waals surface area contributed by atoms with E-state index in [1.54, 1.807) is 42.8 Å². The van der Waals surface area contributed by atoms with Crippen molar-refractivity contribution < 1.29 is 13.9 Å². The van der Waals surface area contributed by atoms with Gasteiger partial charge < -0.3 is 14.6 Å². The van der Waals surface area contributed by atoms with Gasteiger partial charge in [-0.25, -0.2) is 4.39 Å². The van der Waals surface area contributed by atoms with E-state index in [-0.39, 0.29) is 17.5 Å². The van der Waals surface area contributed by atoms with E-state index in [1.165, 1.54) is 23.9 Å². The molecule has 0 bridgehead atoms. The van der Waals surface area contributed by atoms with Crippen LogP contribution < -0.4 is 10.1 Å². The van der Waals surface area contributed by atoms with Crippen LogP contribution >= 0.6 is 35.0 Å². The molecule has 0 aliphatic carbocycles. The first kappa shape index (κ1) is 21.4. The van der Waals surface area contributed by atoms with E-state index in [2.05, 4.69) is 15.5 Å². The van der Waals surface area contributed by atoms with E-state index in [1.807, 2.05) is 0 Å². The number of hydrogen-bond donors (Lipinski definition) is 1. The predicted octanol–water partition coefficient (Wildman–Crippen LogP) is 4.96. The van der Waals surface area contributed by atoms with Gasteiger partial charge in [0.2, 0.25) is 5.91 Å². The predicted molar refractivity (Wildman–Crippen MR) is 112 cm³/mol. The SMILES string of the molecule is C[C@H](Sc1nnc(COc2ccc(Cl)cc2)n1C)C(=O)Nc1ccc(F)cc1Cl. The fourth-order valence-electron chi connectivity index (χ4n) is 2.29. The van der Waals surface area contributed by atoms with E-state index in [4.69, 9.17) is 27.9 Å². The number of benzene rings is 2. The third kappa shape index (κ3) is 5.62. The van der Waals surface area contributed by atoms with Crippen LogP contribution in [-0.4, -0.2) is 25.9 Å². The van der Waals surface area contributed by atoms with Gasteiger partial charge in [-0.3, -0.25) is 4.79 Å². The Morgan fingerprint density at radius 2 is 1.97 bits per heavy atom. The smallest absolute Gasteiger partial charge is 0.237 e. The summed E-state index contributed by atoms with van der Waals surface area (Å²) in [5.41, 5.74) is 0.348. The van der Waals surface area contributed by atoms with E-state index < -0.39 is 11.1 Å². The lowest BCUT2D eigenvalue weighted by Crippen LogP contribution is -2.23. The number of thioether (sulfide) groups is 1. The summed E-state index contributed by atoms with van der Waals surface area (Å²) >= 11 is 13.0. The third-order valence-corrected chi connectivity index (χ3v) is 5.65. The number of carbonyl (C=O) groups excluding carboxylic acids is 1. The number of carbonyl (C=O) groups is 1. The lowest BCUT2D eigenvalue weighted by molar-refractivity contribution is -0.115. The Morgan fingerprint density at radius 3 is 2.66 bits per heavy atom. The molecule has 29 heavy (non-hydrogen) atoms. The van der Waals surface area contributed by atoms with E-state index in [0.717, 1.165) is 6.07 Å². The molecule has 0 radical (unpaired) electrons. The van der Waals surface area contributed by atoms with Gasteiger partial charge in [0.25, 0.3) is 0 Å². The molecule has 3 aromatic rings. The van der Waals surface area contributed by atoms with Gasteiger partial charge in [0.05, 0.1) is 16.0 Å². The highest BCUT2D eigenvalue weighted by Gasteiger charge is 2.20. The first-order chi connectivity index (χ1) is 13.8. The summed E-state index contributed by atoms with van der Waals surface area (Å²) in [6.07, 6.45) is 0. The summed E-state index contributed by atoms with van der Waals surface area (Å²) in [6.45, 7) is 1.95. The number of hydrogen-bond acceptors (Lipinski definition) is 5. The Balaban J connectivity index is 1.59. The quantitative estimate of drug-likeness (QED) is 0.510. The van der Waals surface area contributed by atoms with Crippen LogP contribution in [0.1, 0.15) is 12.7 Å². The van der Waals surface area contributed by atoms with Gasteiger partial charge in [0.15, 0.2) is 11.0 Å². The molecule has 0 fully saturated rings. The monoisotopic (exact) mass is 454 g/mol. The number of aromatic nitrogens is 3. The second-order valence-electron chi connectivity index (χ2n) is 6.07. The molecule has 1 aromatic heterocycles. The maximum absolute atomic E-state index is 13.1. The van der Waals surface area contributed by atoms with Crippen LogP contribution in [0.25, 0.3) is 0 Å². The fourth-order valence-corrected chi connectivity index (χ4v) is 3.46. The summed E-state index contributed by atoms with van der Waals surface area (Å²) in [5.74, 6) is 0.514. The molecule has 0 unspecified atom stereocenters. The molecule has 3 rings (SSSR count). The molecule has 1 atom stereocenters. The van der Waals surface area contributed by atoms with Gasteiger partial charge in [-0.2, -0.15) is 0 Å². The average molecular weight is 455 g/mol. The largest absolute Gasteiger partial charge is 0.486 e. The lowest BCUT2D eigenvalue weighted by Gasteiger charge is -2.12. The van der Waals surface area contributed by atoms with Crippen LogP contribution in [0.15, 0.2) is 47.6 Å². The molecule has 0 spiro atoms. The Bertz CT molecular complexity index is 1010. The van der Waals surface area contributed by atoms with Crippen molar-refractivity contribution in [1.29, 1.82) is 0 Å². The van der Waals surface area contributed by atoms with Crippen LogP contribution in [0.4, 0.5) is 10.1 Å². The zero-order valence-electron chi connectivity index (χ0n) is 15.5. The van der Waals surface area contributed by atoms with Crippen molar-refractivity contribution in [2.45, 2.75) is 23.9 Å². The summed E-state index contributed by atoms with van der Waals surface area (Å²) in [7, 11) is 1.80. The van der Waals surface area contributed by atoms with Crippen LogP contribution in [-0.2, 0) is 18.4 Å². The van der Waals surface area contributed by atoms with Crippen molar-refractivity contribution in [3.05, 3.63) is 64.2 Å². The molecule has 0 aliphatic rings. The fraction of sp³-hybridized carbons (Fsp3) is 0.211. The standard InChI is InChI=1S/C19H17Cl2FN4O2S/c1-11(18(27)23-16-8-5-13(22)9-15(16)21)29-19-25-24-17(26(19)2)10-28-14-6-3-12(20)4-7-14/h3-9,11H,10H2,1-2H3,(H,23,27)/t11-/m0/s1. The van der Waals surface area contributed by atoms with Gasteiger partial charge in [-0.15, -0.1) is 10.2 Å². The van der Waals surface area contributed by atoms with Gasteiger partial charge in [0.1, 0.15) is 18.2 Å². The first-order valence-electron chi connectivity index (χ1n) is 8.52. The minimum Gasteiger partial charge on any atom is -0.486 e. The second-order valence-corrected chi connectivity index (χ2v) is 8.23. The van der Waals surface area contributed by atoms with Gasteiger partial charge in [-0.05, 0) is 49.4 Å². The zero-order chi connectivity index (χ0) is 21.0. The summed E-state index contributed by atoms with van der Waals surface area (Å²) < 4.78 is 20.6. The normalized spacial score (nSPS) is 11.9. The van der Waals surface area contributed by atoms with Crippen LogP contribution in [0.3, 0.4) is 0 Å². The summed E-state index contributed by atoms with van der Waals surface area (Å²) in [6, 6.07) is 10.8. The molecular formula is C19H17Cl2FN4O2S. The van der Waals surface area contributed by atoms with Crippen molar-refractivity contribution in [2.75, 3.05) is 5.32 Å². The number of nitrogens with zero attached hydrogens (tertiary/aromatic N) is 3. The highest BCUT2D eigenvalue weighted by atomic mass is 35.5. The first-order valence-corrected chi connectivity index (χ1v) is 10.2. The maximum Gasteiger partial charge on any atom is 0.237 e. The number of nitrogens with one attached hydrogen (secondary N) is 1. The van der Waals surface area contributed by atoms with Crippen molar-refractivity contribution in [2.24, 2.45) is 7.05 Å². The third-order valence-electron chi connectivity index (χ3n) is 3.95. The molecule has 1 heterocycles. The lowest BCUT2D eigenvalue weighted by atomic mass is 10.3. The molecule has 152 valence electrons. The van der Waals surface area contributed by atoms with E-state index in [9.17, 15) is 9.18 Å². The zero-order valence-corrected chi connectivity index (χ0v) is 17.9. The average Bonchev–Trinajstić information content (AvgIpc) is 3.03. The number of anilines is 1. The minimum atomic E-state index is -0.482. The molecule has 1 amide bonds. The van der Waals surface area contributed by atoms with Crippen molar-refractivity contribution in [3.63, 3.8) is 0 Å². The molecule has 10 heteroatoms. The van der Waals surface area contributed by atoms with Crippen LogP contribution in [0.5, 0.6) is 5.75 Å². The Labute approximate surface area is 181 Å². The molecule has 6 nitrogen and oxygen atoms in total. The van der Waals surface area contributed by atoms with Crippen LogP contribution in [0, 0.1) is 5.82 Å². The summed E-state index contributed by atoms with van der Waals surface area (Å²) in [4.78, 5) is 12.4. The second kappa shape index (κ2) is 9.47. The molecule has 2 aromatic carbocycles. The van der Waals surface area contributed by atoms with E-state index in [0.29, 0.717) is 27.4 Å². The molecule has 0 saturated heterocycles. The Kier molecular flexibility index (Phi) is 7.00. The number of halogens is 3. The molecule has 0 aliphatic heterocycles. The number of rotatable bonds is 7. The maximum atomic E-state index is 13.1. The minimum absolute atomic E-state index is 0.135. The molecule has 1 N–H and O–H groups in total. The molecular weight excluding hydrogens is 438 g/mol. The number of ether oxygens (including phenoxy) is 1. The Morgan fingerprint density at radius 1 is 1.24 bits per heavy atom. The summed E-state index contributed by atoms with van der Waals surface area (Å²) in [5, 5.41) is 11.8. The van der Waals surface area contributed by atoms with Gasteiger partial charge in [0, 0.05) is 12.1 Å². The topological polar surface area (TPSA) is 69.0 Å². The number of amides is 1. The van der Waals surface area contributed by atoms with Crippen LogP contribution in [0.2, 0.25) is 10.0 Å². The van der Waals surface area contributed by atoms with Gasteiger partial charge in [-0.1, -0.05) is 35.0 Å². The van der Waals surface area contributed by atoms with Crippen molar-refractivity contribution >= 4 is 46.6 Å². The Hall–Kier alpha value is -2.29. The highest BCUT2D eigenvalue weighted by Crippen LogP contribution is 2.26. The van der Waals surface area contributed by atoms with Gasteiger partial charge >= 0.3 is 0 Å².